The maximum absolute atomic E-state index is 12.0. The molecule has 0 bridgehead atoms. The predicted octanol–water partition coefficient (Wildman–Crippen LogP) is 1.86. The summed E-state index contributed by atoms with van der Waals surface area (Å²) in [4.78, 5) is 14.4. The minimum atomic E-state index is 0.0126. The predicted molar refractivity (Wildman–Crippen MR) is 85.2 cm³/mol. The van der Waals surface area contributed by atoms with Gasteiger partial charge in [-0.3, -0.25) is 9.69 Å². The van der Waals surface area contributed by atoms with Crippen LogP contribution in [0.5, 0.6) is 0 Å². The van der Waals surface area contributed by atoms with Crippen molar-refractivity contribution in [1.29, 1.82) is 0 Å². The molecule has 2 aromatic rings. The zero-order chi connectivity index (χ0) is 16.0. The lowest BCUT2D eigenvalue weighted by Crippen LogP contribution is -2.49. The second kappa shape index (κ2) is 5.60. The van der Waals surface area contributed by atoms with Crippen molar-refractivity contribution < 1.29 is 4.52 Å². The van der Waals surface area contributed by atoms with E-state index in [1.807, 2.05) is 19.9 Å². The van der Waals surface area contributed by atoms with Gasteiger partial charge in [0.05, 0.1) is 17.9 Å². The van der Waals surface area contributed by atoms with E-state index in [0.717, 1.165) is 43.3 Å². The third-order valence-corrected chi connectivity index (χ3v) is 4.91. The Morgan fingerprint density at radius 2 is 2.04 bits per heavy atom. The summed E-state index contributed by atoms with van der Waals surface area (Å²) in [7, 11) is 0. The van der Waals surface area contributed by atoms with Crippen LogP contribution in [0, 0.1) is 19.8 Å². The first-order valence-corrected chi connectivity index (χ1v) is 8.32. The van der Waals surface area contributed by atoms with Gasteiger partial charge in [0.1, 0.15) is 5.76 Å². The first-order chi connectivity index (χ1) is 11.1. The summed E-state index contributed by atoms with van der Waals surface area (Å²) < 4.78 is 6.87. The first-order valence-electron chi connectivity index (χ1n) is 8.32. The van der Waals surface area contributed by atoms with E-state index in [9.17, 15) is 4.79 Å². The standard InChI is InChI=1S/C17H22N4O2/c1-11-15(12(2)23-19-11)10-20-7-13(8-20)9-21-17(22)6-5-16(18-21)14-3-4-14/h5-6,13-14H,3-4,7-10H2,1-2H3. The molecule has 4 rings (SSSR count). The van der Waals surface area contributed by atoms with E-state index in [1.165, 1.54) is 18.4 Å². The molecular weight excluding hydrogens is 292 g/mol. The average Bonchev–Trinajstić information content (AvgIpc) is 3.28. The molecule has 0 amide bonds. The molecule has 1 aliphatic heterocycles. The third-order valence-electron chi connectivity index (χ3n) is 4.91. The maximum atomic E-state index is 12.0. The minimum absolute atomic E-state index is 0.0126. The number of hydrogen-bond acceptors (Lipinski definition) is 5. The molecule has 2 aromatic heterocycles. The van der Waals surface area contributed by atoms with Gasteiger partial charge in [0, 0.05) is 43.1 Å². The van der Waals surface area contributed by atoms with Crippen LogP contribution in [-0.4, -0.2) is 32.9 Å². The SMILES string of the molecule is Cc1noc(C)c1CN1CC(Cn2nc(C3CC3)ccc2=O)C1. The molecule has 0 N–H and O–H groups in total. The van der Waals surface area contributed by atoms with Crippen molar-refractivity contribution in [3.63, 3.8) is 0 Å². The molecule has 0 atom stereocenters. The summed E-state index contributed by atoms with van der Waals surface area (Å²) >= 11 is 0. The van der Waals surface area contributed by atoms with E-state index >= 15 is 0 Å². The van der Waals surface area contributed by atoms with Gasteiger partial charge in [-0.2, -0.15) is 5.10 Å². The van der Waals surface area contributed by atoms with E-state index in [0.29, 0.717) is 11.8 Å². The van der Waals surface area contributed by atoms with Gasteiger partial charge in [0.2, 0.25) is 0 Å². The molecule has 0 spiro atoms. The first kappa shape index (κ1) is 14.6. The lowest BCUT2D eigenvalue weighted by molar-refractivity contribution is 0.0759. The van der Waals surface area contributed by atoms with Crippen LogP contribution in [0.25, 0.3) is 0 Å². The van der Waals surface area contributed by atoms with Gasteiger partial charge in [0.15, 0.2) is 0 Å². The van der Waals surface area contributed by atoms with Crippen LogP contribution >= 0.6 is 0 Å². The van der Waals surface area contributed by atoms with Gasteiger partial charge in [-0.25, -0.2) is 4.68 Å². The summed E-state index contributed by atoms with van der Waals surface area (Å²) in [5.41, 5.74) is 3.26. The molecule has 6 nitrogen and oxygen atoms in total. The van der Waals surface area contributed by atoms with Gasteiger partial charge < -0.3 is 4.52 Å². The Bertz CT molecular complexity index is 750. The largest absolute Gasteiger partial charge is 0.361 e. The summed E-state index contributed by atoms with van der Waals surface area (Å²) in [5, 5.41) is 8.55. The van der Waals surface area contributed by atoms with Crippen LogP contribution in [0.4, 0.5) is 0 Å². The zero-order valence-electron chi connectivity index (χ0n) is 13.7. The Kier molecular flexibility index (Phi) is 3.56. The zero-order valence-corrected chi connectivity index (χ0v) is 13.7. The molecule has 1 saturated carbocycles. The molecule has 2 aliphatic rings. The quantitative estimate of drug-likeness (QED) is 0.843. The normalized spacial score (nSPS) is 19.0. The minimum Gasteiger partial charge on any atom is -0.361 e. The van der Waals surface area contributed by atoms with Crippen LogP contribution in [-0.2, 0) is 13.1 Å². The highest BCUT2D eigenvalue weighted by Gasteiger charge is 2.30. The smallest absolute Gasteiger partial charge is 0.266 e. The van der Waals surface area contributed by atoms with Crippen LogP contribution < -0.4 is 5.56 Å². The van der Waals surface area contributed by atoms with Crippen molar-refractivity contribution in [3.05, 3.63) is 45.2 Å². The molecule has 0 aromatic carbocycles. The Labute approximate surface area is 135 Å². The van der Waals surface area contributed by atoms with Crippen molar-refractivity contribution in [2.75, 3.05) is 13.1 Å². The Hall–Kier alpha value is -1.95. The summed E-state index contributed by atoms with van der Waals surface area (Å²) in [6.07, 6.45) is 2.42. The Morgan fingerprint density at radius 3 is 2.70 bits per heavy atom. The van der Waals surface area contributed by atoms with Crippen molar-refractivity contribution in [2.24, 2.45) is 5.92 Å². The second-order valence-electron chi connectivity index (χ2n) is 6.92. The lowest BCUT2D eigenvalue weighted by Gasteiger charge is -2.39. The monoisotopic (exact) mass is 314 g/mol. The highest BCUT2D eigenvalue weighted by molar-refractivity contribution is 5.21. The summed E-state index contributed by atoms with van der Waals surface area (Å²) in [5.74, 6) is 1.98. The molecule has 2 fully saturated rings. The Morgan fingerprint density at radius 1 is 1.26 bits per heavy atom. The lowest BCUT2D eigenvalue weighted by atomic mass is 9.99. The molecule has 122 valence electrons. The molecule has 6 heteroatoms. The maximum Gasteiger partial charge on any atom is 0.266 e. The van der Waals surface area contributed by atoms with Crippen molar-refractivity contribution >= 4 is 0 Å². The van der Waals surface area contributed by atoms with Crippen molar-refractivity contribution in [1.82, 2.24) is 19.8 Å². The average molecular weight is 314 g/mol. The highest BCUT2D eigenvalue weighted by Crippen LogP contribution is 2.38. The molecule has 0 radical (unpaired) electrons. The van der Waals surface area contributed by atoms with Crippen LogP contribution in [0.2, 0.25) is 0 Å². The topological polar surface area (TPSA) is 64.2 Å². The fraction of sp³-hybridized carbons (Fsp3) is 0.588. The van der Waals surface area contributed by atoms with Crippen molar-refractivity contribution in [3.8, 4) is 0 Å². The van der Waals surface area contributed by atoms with Crippen LogP contribution in [0.1, 0.15) is 41.5 Å². The van der Waals surface area contributed by atoms with Crippen LogP contribution in [0.3, 0.4) is 0 Å². The summed E-state index contributed by atoms with van der Waals surface area (Å²) in [6.45, 7) is 7.52. The number of aryl methyl sites for hydroxylation is 2. The molecule has 1 saturated heterocycles. The second-order valence-corrected chi connectivity index (χ2v) is 6.92. The fourth-order valence-corrected chi connectivity index (χ4v) is 3.31. The molecule has 3 heterocycles. The van der Waals surface area contributed by atoms with E-state index in [4.69, 9.17) is 4.52 Å². The van der Waals surface area contributed by atoms with E-state index < -0.39 is 0 Å². The van der Waals surface area contributed by atoms with E-state index in [2.05, 4.69) is 15.2 Å². The number of hydrogen-bond donors (Lipinski definition) is 0. The number of aromatic nitrogens is 3. The molecule has 0 unspecified atom stereocenters. The molecule has 1 aliphatic carbocycles. The van der Waals surface area contributed by atoms with E-state index in [-0.39, 0.29) is 5.56 Å². The summed E-state index contributed by atoms with van der Waals surface area (Å²) in [6, 6.07) is 3.56. The molecule has 23 heavy (non-hydrogen) atoms. The highest BCUT2D eigenvalue weighted by atomic mass is 16.5. The van der Waals surface area contributed by atoms with Gasteiger partial charge in [0.25, 0.3) is 5.56 Å². The Balaban J connectivity index is 1.36. The number of rotatable bonds is 5. The number of likely N-dealkylation sites (tertiary alicyclic amines) is 1. The fourth-order valence-electron chi connectivity index (χ4n) is 3.31. The van der Waals surface area contributed by atoms with E-state index in [1.54, 1.807) is 10.7 Å². The van der Waals surface area contributed by atoms with Gasteiger partial charge in [-0.15, -0.1) is 0 Å². The van der Waals surface area contributed by atoms with Gasteiger partial charge >= 0.3 is 0 Å². The third kappa shape index (κ3) is 2.95. The number of nitrogens with zero attached hydrogens (tertiary/aromatic N) is 4. The van der Waals surface area contributed by atoms with Gasteiger partial charge in [-0.05, 0) is 32.8 Å². The van der Waals surface area contributed by atoms with Crippen molar-refractivity contribution in [2.45, 2.75) is 45.7 Å². The van der Waals surface area contributed by atoms with Gasteiger partial charge in [-0.1, -0.05) is 5.16 Å². The van der Waals surface area contributed by atoms with Crippen LogP contribution in [0.15, 0.2) is 21.5 Å². The molecular formula is C17H22N4O2.